The minimum Gasteiger partial charge on any atom is -0.466 e. The highest BCUT2D eigenvalue weighted by Crippen LogP contribution is 2.43. The number of carbonyl (C=O) groups is 1. The molecule has 0 bridgehead atoms. The third-order valence-corrected chi connectivity index (χ3v) is 9.54. The van der Waals surface area contributed by atoms with Crippen LogP contribution in [0.25, 0.3) is 11.0 Å². The van der Waals surface area contributed by atoms with E-state index < -0.39 is 15.6 Å². The molecular formula is C25H24N8O4S2. The van der Waals surface area contributed by atoms with Crippen LogP contribution in [0.5, 0.6) is 6.01 Å². The normalized spacial score (nSPS) is 18.8. The van der Waals surface area contributed by atoms with Gasteiger partial charge in [0.15, 0.2) is 5.65 Å². The molecule has 1 N–H and O–H groups in total. The molecule has 2 amide bonds. The van der Waals surface area contributed by atoms with Crippen LogP contribution >= 0.6 is 11.5 Å². The predicted octanol–water partition coefficient (Wildman–Crippen LogP) is 3.03. The van der Waals surface area contributed by atoms with Gasteiger partial charge in [-0.2, -0.15) is 10.2 Å². The third-order valence-electron chi connectivity index (χ3n) is 7.34. The summed E-state index contributed by atoms with van der Waals surface area (Å²) in [6.45, 7) is 1.71. The first-order valence-electron chi connectivity index (χ1n) is 12.2. The molecule has 3 aromatic heterocycles. The molecule has 2 aliphatic rings. The van der Waals surface area contributed by atoms with Gasteiger partial charge in [0, 0.05) is 48.9 Å². The molecule has 6 rings (SSSR count). The molecule has 1 spiro atoms. The zero-order valence-corrected chi connectivity index (χ0v) is 22.6. The second-order valence-electron chi connectivity index (χ2n) is 9.54. The fourth-order valence-corrected chi connectivity index (χ4v) is 7.32. The van der Waals surface area contributed by atoms with E-state index in [9.17, 15) is 18.5 Å². The van der Waals surface area contributed by atoms with Crippen molar-refractivity contribution >= 4 is 49.4 Å². The molecular weight excluding hydrogens is 540 g/mol. The van der Waals surface area contributed by atoms with Crippen LogP contribution in [0.1, 0.15) is 24.0 Å². The van der Waals surface area contributed by atoms with Gasteiger partial charge in [0.2, 0.25) is 15.2 Å². The molecule has 0 aliphatic carbocycles. The lowest BCUT2D eigenvalue weighted by atomic mass is 9.84. The van der Waals surface area contributed by atoms with Gasteiger partial charge in [-0.15, -0.1) is 4.37 Å². The van der Waals surface area contributed by atoms with Gasteiger partial charge >= 0.3 is 12.0 Å². The summed E-state index contributed by atoms with van der Waals surface area (Å²) in [6, 6.07) is 12.8. The number of fused-ring (bicyclic) bond motifs is 1. The third kappa shape index (κ3) is 4.33. The standard InChI is InChI=1S/C25H24N8O4S2/c1-37-22-28-23(38-30-22)29-24(34)32-12-9-25(32)8-11-31(16-25)20-18(13-26)14-27-21-19(20)7-10-33(21)39(35,36)15-17-5-3-2-4-6-17/h2-7,10,14H,8-9,11-12,15-16H2,1H3,(H,28,29,30,34). The Hall–Kier alpha value is -4.22. The van der Waals surface area contributed by atoms with E-state index >= 15 is 0 Å². The molecule has 4 aromatic rings. The van der Waals surface area contributed by atoms with Crippen LogP contribution in [0, 0.1) is 11.3 Å². The smallest absolute Gasteiger partial charge is 0.329 e. The van der Waals surface area contributed by atoms with Crippen molar-refractivity contribution in [2.24, 2.45) is 0 Å². The second-order valence-corrected chi connectivity index (χ2v) is 12.1. The number of nitrogens with one attached hydrogen (secondary N) is 1. The van der Waals surface area contributed by atoms with Gasteiger partial charge in [-0.1, -0.05) is 30.3 Å². The highest BCUT2D eigenvalue weighted by atomic mass is 32.2. The zero-order valence-electron chi connectivity index (χ0n) is 20.9. The van der Waals surface area contributed by atoms with Crippen molar-refractivity contribution in [2.45, 2.75) is 24.1 Å². The van der Waals surface area contributed by atoms with E-state index in [1.54, 1.807) is 35.2 Å². The van der Waals surface area contributed by atoms with Gasteiger partial charge in [-0.25, -0.2) is 22.2 Å². The molecule has 12 nitrogen and oxygen atoms in total. The number of nitrogens with zero attached hydrogens (tertiary/aromatic N) is 7. The average Bonchev–Trinajstić information content (AvgIpc) is 3.66. The number of hydrogen-bond acceptors (Lipinski definition) is 10. The lowest BCUT2D eigenvalue weighted by Gasteiger charge is -2.50. The van der Waals surface area contributed by atoms with Crippen LogP contribution in [0.2, 0.25) is 0 Å². The Morgan fingerprint density at radius 1 is 1.23 bits per heavy atom. The number of ether oxygens (including phenoxy) is 1. The van der Waals surface area contributed by atoms with Crippen molar-refractivity contribution in [3.05, 3.63) is 59.9 Å². The summed E-state index contributed by atoms with van der Waals surface area (Å²) < 4.78 is 36.8. The van der Waals surface area contributed by atoms with E-state index in [0.717, 1.165) is 18.0 Å². The van der Waals surface area contributed by atoms with Crippen LogP contribution in [0.15, 0.2) is 48.8 Å². The first kappa shape index (κ1) is 25.1. The fourth-order valence-electron chi connectivity index (χ4n) is 5.38. The number of benzene rings is 1. The summed E-state index contributed by atoms with van der Waals surface area (Å²) in [5.41, 5.74) is 1.53. The summed E-state index contributed by atoms with van der Waals surface area (Å²) >= 11 is 1.04. The number of carbonyl (C=O) groups excluding carboxylic acids is 1. The van der Waals surface area contributed by atoms with E-state index in [1.165, 1.54) is 23.5 Å². The number of hydrogen-bond donors (Lipinski definition) is 1. The maximum Gasteiger partial charge on any atom is 0.329 e. The minimum absolute atomic E-state index is 0.175. The summed E-state index contributed by atoms with van der Waals surface area (Å²) in [5.74, 6) is -0.175. The van der Waals surface area contributed by atoms with Gasteiger partial charge in [-0.05, 0) is 24.5 Å². The van der Waals surface area contributed by atoms with Crippen molar-refractivity contribution in [1.82, 2.24) is 23.2 Å². The Morgan fingerprint density at radius 2 is 2.03 bits per heavy atom. The van der Waals surface area contributed by atoms with Crippen molar-refractivity contribution in [2.75, 3.05) is 37.0 Å². The SMILES string of the molecule is COc1nsc(NC(=O)N2CCC23CCN(c2c(C#N)cnc4c2ccn4S(=O)(=O)Cc2ccccc2)C3)n1. The minimum atomic E-state index is -3.75. The Balaban J connectivity index is 1.27. The molecule has 2 aliphatic heterocycles. The number of rotatable bonds is 6. The van der Waals surface area contributed by atoms with Crippen LogP contribution in [0.3, 0.4) is 0 Å². The maximum absolute atomic E-state index is 13.3. The quantitative estimate of drug-likeness (QED) is 0.373. The van der Waals surface area contributed by atoms with E-state index in [2.05, 4.69) is 30.6 Å². The number of urea groups is 1. The van der Waals surface area contributed by atoms with Crippen LogP contribution in [0.4, 0.5) is 15.6 Å². The average molecular weight is 565 g/mol. The van der Waals surface area contributed by atoms with Crippen molar-refractivity contribution in [3.8, 4) is 12.1 Å². The predicted molar refractivity (Wildman–Crippen MR) is 145 cm³/mol. The summed E-state index contributed by atoms with van der Waals surface area (Å²) in [6.07, 6.45) is 4.44. The fraction of sp³-hybridized carbons (Fsp3) is 0.320. The lowest BCUT2D eigenvalue weighted by Crippen LogP contribution is -2.64. The molecule has 2 saturated heterocycles. The molecule has 39 heavy (non-hydrogen) atoms. The number of aromatic nitrogens is 4. The zero-order chi connectivity index (χ0) is 27.2. The summed E-state index contributed by atoms with van der Waals surface area (Å²) in [4.78, 5) is 25.4. The molecule has 1 unspecified atom stereocenters. The van der Waals surface area contributed by atoms with Gasteiger partial charge in [0.1, 0.15) is 6.07 Å². The highest BCUT2D eigenvalue weighted by Gasteiger charge is 2.52. The highest BCUT2D eigenvalue weighted by molar-refractivity contribution is 7.89. The number of anilines is 2. The molecule has 14 heteroatoms. The molecule has 0 saturated carbocycles. The van der Waals surface area contributed by atoms with E-state index in [0.29, 0.717) is 53.4 Å². The van der Waals surface area contributed by atoms with Gasteiger partial charge in [-0.3, -0.25) is 5.32 Å². The van der Waals surface area contributed by atoms with Crippen LogP contribution < -0.4 is 15.0 Å². The first-order valence-corrected chi connectivity index (χ1v) is 14.6. The molecule has 1 aromatic carbocycles. The second kappa shape index (κ2) is 9.51. The monoisotopic (exact) mass is 564 g/mol. The Labute approximate surface area is 228 Å². The number of methoxy groups -OCH3 is 1. The lowest BCUT2D eigenvalue weighted by molar-refractivity contribution is 0.0480. The van der Waals surface area contributed by atoms with Crippen LogP contribution in [-0.4, -0.2) is 69.9 Å². The molecule has 200 valence electrons. The summed E-state index contributed by atoms with van der Waals surface area (Å²) in [7, 11) is -2.29. The Bertz CT molecular complexity index is 1710. The topological polar surface area (TPSA) is 146 Å². The Morgan fingerprint density at radius 3 is 2.72 bits per heavy atom. The van der Waals surface area contributed by atoms with Crippen molar-refractivity contribution < 1.29 is 17.9 Å². The number of nitriles is 1. The van der Waals surface area contributed by atoms with E-state index in [1.807, 2.05) is 6.07 Å². The largest absolute Gasteiger partial charge is 0.466 e. The van der Waals surface area contributed by atoms with E-state index in [-0.39, 0.29) is 23.4 Å². The Kier molecular flexibility index (Phi) is 6.12. The van der Waals surface area contributed by atoms with E-state index in [4.69, 9.17) is 4.74 Å². The molecule has 0 radical (unpaired) electrons. The number of amides is 2. The van der Waals surface area contributed by atoms with Gasteiger partial charge in [0.05, 0.1) is 29.7 Å². The molecule has 1 atom stereocenters. The first-order chi connectivity index (χ1) is 18.8. The van der Waals surface area contributed by atoms with Gasteiger partial charge in [0.25, 0.3) is 0 Å². The number of pyridine rings is 1. The number of likely N-dealkylation sites (tertiary alicyclic amines) is 1. The van der Waals surface area contributed by atoms with Crippen molar-refractivity contribution in [1.29, 1.82) is 5.26 Å². The van der Waals surface area contributed by atoms with Crippen molar-refractivity contribution in [3.63, 3.8) is 0 Å². The molecule has 2 fully saturated rings. The maximum atomic E-state index is 13.3. The molecule has 5 heterocycles. The van der Waals surface area contributed by atoms with Crippen LogP contribution in [-0.2, 0) is 15.8 Å². The van der Waals surface area contributed by atoms with Gasteiger partial charge < -0.3 is 14.5 Å². The summed E-state index contributed by atoms with van der Waals surface area (Å²) in [5, 5.41) is 13.6.